The Kier molecular flexibility index (Phi) is 2.14. The highest BCUT2D eigenvalue weighted by Crippen LogP contribution is 2.18. The van der Waals surface area contributed by atoms with Crippen molar-refractivity contribution in [2.24, 2.45) is 0 Å². The van der Waals surface area contributed by atoms with Gasteiger partial charge >= 0.3 is 0 Å². The summed E-state index contributed by atoms with van der Waals surface area (Å²) in [7, 11) is 1.57. The summed E-state index contributed by atoms with van der Waals surface area (Å²) < 4.78 is 5.05. The maximum atomic E-state index is 11.3. The number of aromatic nitrogens is 1. The third kappa shape index (κ3) is 1.55. The van der Waals surface area contributed by atoms with E-state index in [2.05, 4.69) is 4.98 Å². The maximum absolute atomic E-state index is 11.3. The smallest absolute Gasteiger partial charge is 0.266 e. The van der Waals surface area contributed by atoms with Crippen LogP contribution in [0.4, 0.5) is 0 Å². The third-order valence-electron chi connectivity index (χ3n) is 2.17. The molecule has 0 aliphatic carbocycles. The molecule has 0 radical (unpaired) electrons. The average molecular weight is 200 g/mol. The van der Waals surface area contributed by atoms with Crippen molar-refractivity contribution in [1.29, 1.82) is 5.26 Å². The van der Waals surface area contributed by atoms with Crippen molar-refractivity contribution in [3.05, 3.63) is 40.2 Å². The number of aromatic amines is 1. The van der Waals surface area contributed by atoms with Crippen LogP contribution in [-0.2, 0) is 0 Å². The van der Waals surface area contributed by atoms with Gasteiger partial charge in [-0.05, 0) is 24.3 Å². The molecule has 1 heterocycles. The normalized spacial score (nSPS) is 9.87. The minimum absolute atomic E-state index is 0.107. The third-order valence-corrected chi connectivity index (χ3v) is 2.17. The standard InChI is InChI=1S/C11H8N2O2/c1-15-9-2-3-10-7(5-9)4-8(6-12)11(14)13-10/h2-5H,1H3,(H,13,14). The van der Waals surface area contributed by atoms with Crippen LogP contribution in [0.25, 0.3) is 10.9 Å². The molecule has 0 unspecified atom stereocenters. The zero-order valence-electron chi connectivity index (χ0n) is 8.07. The van der Waals surface area contributed by atoms with Crippen LogP contribution in [0.5, 0.6) is 5.75 Å². The quantitative estimate of drug-likeness (QED) is 0.756. The molecule has 1 N–H and O–H groups in total. The lowest BCUT2D eigenvalue weighted by Gasteiger charge is -2.02. The Balaban J connectivity index is 2.78. The maximum Gasteiger partial charge on any atom is 0.266 e. The molecule has 0 saturated carbocycles. The van der Waals surface area contributed by atoms with Gasteiger partial charge in [-0.2, -0.15) is 5.26 Å². The molecule has 1 aromatic heterocycles. The lowest BCUT2D eigenvalue weighted by molar-refractivity contribution is 0.415. The molecule has 0 aliphatic heterocycles. The number of nitrogens with one attached hydrogen (secondary N) is 1. The molecular weight excluding hydrogens is 192 g/mol. The minimum Gasteiger partial charge on any atom is -0.497 e. The Morgan fingerprint density at radius 2 is 2.20 bits per heavy atom. The number of methoxy groups -OCH3 is 1. The number of pyridine rings is 1. The van der Waals surface area contributed by atoms with Crippen LogP contribution in [0.3, 0.4) is 0 Å². The summed E-state index contributed by atoms with van der Waals surface area (Å²) in [5.74, 6) is 0.693. The van der Waals surface area contributed by atoms with Crippen LogP contribution in [0.1, 0.15) is 5.56 Å². The van der Waals surface area contributed by atoms with Gasteiger partial charge in [0.2, 0.25) is 0 Å². The lowest BCUT2D eigenvalue weighted by Crippen LogP contribution is -2.09. The predicted octanol–water partition coefficient (Wildman–Crippen LogP) is 1.41. The second kappa shape index (κ2) is 3.46. The van der Waals surface area contributed by atoms with E-state index in [1.807, 2.05) is 6.07 Å². The monoisotopic (exact) mass is 200 g/mol. The summed E-state index contributed by atoms with van der Waals surface area (Å²) in [6, 6.07) is 8.66. The van der Waals surface area contributed by atoms with E-state index in [-0.39, 0.29) is 11.1 Å². The number of ether oxygens (including phenoxy) is 1. The molecule has 2 aromatic rings. The number of hydrogen-bond donors (Lipinski definition) is 1. The summed E-state index contributed by atoms with van der Waals surface area (Å²) in [6.07, 6.45) is 0. The fourth-order valence-electron chi connectivity index (χ4n) is 1.39. The first kappa shape index (κ1) is 9.28. The van der Waals surface area contributed by atoms with Gasteiger partial charge in [0.1, 0.15) is 17.4 Å². The Labute approximate surface area is 85.7 Å². The van der Waals surface area contributed by atoms with Crippen molar-refractivity contribution in [1.82, 2.24) is 4.98 Å². The van der Waals surface area contributed by atoms with Gasteiger partial charge in [0.05, 0.1) is 7.11 Å². The van der Waals surface area contributed by atoms with Crippen molar-refractivity contribution in [2.75, 3.05) is 7.11 Å². The molecule has 4 nitrogen and oxygen atoms in total. The molecule has 0 atom stereocenters. The van der Waals surface area contributed by atoms with Gasteiger partial charge in [-0.15, -0.1) is 0 Å². The van der Waals surface area contributed by atoms with Gasteiger partial charge < -0.3 is 9.72 Å². The molecule has 0 aliphatic rings. The van der Waals surface area contributed by atoms with Gasteiger partial charge in [-0.25, -0.2) is 0 Å². The lowest BCUT2D eigenvalue weighted by atomic mass is 10.1. The molecule has 1 aromatic carbocycles. The number of rotatable bonds is 1. The topological polar surface area (TPSA) is 65.9 Å². The van der Waals surface area contributed by atoms with E-state index in [1.165, 1.54) is 0 Å². The van der Waals surface area contributed by atoms with Gasteiger partial charge in [0.25, 0.3) is 5.56 Å². The van der Waals surface area contributed by atoms with Gasteiger partial charge in [0, 0.05) is 10.9 Å². The summed E-state index contributed by atoms with van der Waals surface area (Å²) >= 11 is 0. The van der Waals surface area contributed by atoms with Crippen LogP contribution < -0.4 is 10.3 Å². The van der Waals surface area contributed by atoms with Crippen molar-refractivity contribution in [3.63, 3.8) is 0 Å². The number of nitrogens with zero attached hydrogens (tertiary/aromatic N) is 1. The Hall–Kier alpha value is -2.28. The fraction of sp³-hybridized carbons (Fsp3) is 0.0909. The minimum atomic E-state index is -0.366. The number of benzene rings is 1. The Morgan fingerprint density at radius 3 is 2.87 bits per heavy atom. The van der Waals surface area contributed by atoms with E-state index in [9.17, 15) is 4.79 Å². The Bertz CT molecular complexity index is 608. The molecular formula is C11H8N2O2. The first-order valence-electron chi connectivity index (χ1n) is 4.36. The highest BCUT2D eigenvalue weighted by Gasteiger charge is 2.02. The summed E-state index contributed by atoms with van der Waals surface area (Å²) in [5.41, 5.74) is 0.436. The molecule has 15 heavy (non-hydrogen) atoms. The number of nitriles is 1. The molecule has 0 saturated heterocycles. The first-order valence-corrected chi connectivity index (χ1v) is 4.36. The van der Waals surface area contributed by atoms with Crippen LogP contribution >= 0.6 is 0 Å². The molecule has 2 rings (SSSR count). The van der Waals surface area contributed by atoms with E-state index >= 15 is 0 Å². The molecule has 74 valence electrons. The molecule has 4 heteroatoms. The average Bonchev–Trinajstić information content (AvgIpc) is 2.27. The van der Waals surface area contributed by atoms with Crippen molar-refractivity contribution >= 4 is 10.9 Å². The zero-order valence-corrected chi connectivity index (χ0v) is 8.07. The zero-order chi connectivity index (χ0) is 10.8. The largest absolute Gasteiger partial charge is 0.497 e. The SMILES string of the molecule is COc1ccc2[nH]c(=O)c(C#N)cc2c1. The van der Waals surface area contributed by atoms with Crippen molar-refractivity contribution < 1.29 is 4.74 Å². The summed E-state index contributed by atoms with van der Waals surface area (Å²) in [4.78, 5) is 13.9. The fourth-order valence-corrected chi connectivity index (χ4v) is 1.39. The van der Waals surface area contributed by atoms with Crippen LogP contribution in [0, 0.1) is 11.3 Å². The Morgan fingerprint density at radius 1 is 1.40 bits per heavy atom. The second-order valence-electron chi connectivity index (χ2n) is 3.08. The van der Waals surface area contributed by atoms with E-state index in [4.69, 9.17) is 10.00 Å². The highest BCUT2D eigenvalue weighted by atomic mass is 16.5. The number of H-pyrrole nitrogens is 1. The highest BCUT2D eigenvalue weighted by molar-refractivity contribution is 5.81. The molecule has 0 spiro atoms. The van der Waals surface area contributed by atoms with Gasteiger partial charge in [-0.3, -0.25) is 4.79 Å². The predicted molar refractivity (Wildman–Crippen MR) is 55.8 cm³/mol. The molecule has 0 bridgehead atoms. The van der Waals surface area contributed by atoms with Crippen LogP contribution in [-0.4, -0.2) is 12.1 Å². The number of hydrogen-bond acceptors (Lipinski definition) is 3. The van der Waals surface area contributed by atoms with E-state index in [0.717, 1.165) is 5.39 Å². The number of fused-ring (bicyclic) bond motifs is 1. The summed E-state index contributed by atoms with van der Waals surface area (Å²) in [5, 5.41) is 9.49. The van der Waals surface area contributed by atoms with Gasteiger partial charge in [-0.1, -0.05) is 0 Å². The van der Waals surface area contributed by atoms with Gasteiger partial charge in [0.15, 0.2) is 0 Å². The second-order valence-corrected chi connectivity index (χ2v) is 3.08. The molecule has 0 fully saturated rings. The first-order chi connectivity index (χ1) is 7.24. The summed E-state index contributed by atoms with van der Waals surface area (Å²) in [6.45, 7) is 0. The van der Waals surface area contributed by atoms with Crippen molar-refractivity contribution in [2.45, 2.75) is 0 Å². The van der Waals surface area contributed by atoms with E-state index in [0.29, 0.717) is 11.3 Å². The van der Waals surface area contributed by atoms with E-state index in [1.54, 1.807) is 31.4 Å². The van der Waals surface area contributed by atoms with E-state index < -0.39 is 0 Å². The van der Waals surface area contributed by atoms with Crippen molar-refractivity contribution in [3.8, 4) is 11.8 Å². The molecule has 0 amide bonds. The van der Waals surface area contributed by atoms with Crippen LogP contribution in [0.15, 0.2) is 29.1 Å². The van der Waals surface area contributed by atoms with Crippen LogP contribution in [0.2, 0.25) is 0 Å².